The van der Waals surface area contributed by atoms with Gasteiger partial charge < -0.3 is 39.1 Å². The van der Waals surface area contributed by atoms with E-state index in [1.807, 2.05) is 0 Å². The molecule has 0 bridgehead atoms. The zero-order chi connectivity index (χ0) is 16.5. The lowest BCUT2D eigenvalue weighted by Gasteiger charge is -2.23. The molecule has 0 aliphatic carbocycles. The lowest BCUT2D eigenvalue weighted by molar-refractivity contribution is -0.112. The van der Waals surface area contributed by atoms with Crippen molar-refractivity contribution in [2.75, 3.05) is 28.7 Å². The summed E-state index contributed by atoms with van der Waals surface area (Å²) in [5.74, 6) is -1.13. The fourth-order valence-corrected chi connectivity index (χ4v) is 1.80. The molecule has 114 valence electrons. The predicted octanol–water partition coefficient (Wildman–Crippen LogP) is -0.845. The van der Waals surface area contributed by atoms with Crippen molar-refractivity contribution in [2.45, 2.75) is 6.10 Å². The number of ether oxygens (including phenoxy) is 1. The molecule has 0 saturated heterocycles. The number of rotatable bonds is 4. The summed E-state index contributed by atoms with van der Waals surface area (Å²) in [7, 11) is 1.72. The Morgan fingerprint density at radius 1 is 0.952 bits per heavy atom. The van der Waals surface area contributed by atoms with E-state index in [9.17, 15) is 9.59 Å². The van der Waals surface area contributed by atoms with E-state index in [-0.39, 0.29) is 34.0 Å². The number of carbonyl (C=O) groups excluding carboxylic acids is 2. The molecule has 1 rings (SSSR count). The van der Waals surface area contributed by atoms with Gasteiger partial charge in [0.25, 0.3) is 5.91 Å². The number of nitrogens with two attached hydrogens (primary N) is 6. The van der Waals surface area contributed by atoms with Gasteiger partial charge in [0, 0.05) is 5.56 Å². The van der Waals surface area contributed by atoms with Gasteiger partial charge in [0.15, 0.2) is 6.10 Å². The Kier molecular flexibility index (Phi) is 4.44. The van der Waals surface area contributed by atoms with Crippen LogP contribution in [-0.2, 0) is 9.53 Å². The van der Waals surface area contributed by atoms with Crippen molar-refractivity contribution < 1.29 is 14.3 Å². The Bertz CT molecular complexity index is 617. The molecule has 0 heterocycles. The highest BCUT2D eigenvalue weighted by Crippen LogP contribution is 2.43. The fourth-order valence-electron chi connectivity index (χ4n) is 1.66. The molecule has 2 atom stereocenters. The minimum atomic E-state index is -1.54. The first-order chi connectivity index (χ1) is 9.59. The first-order valence-electron chi connectivity index (χ1n) is 5.45. The third-order valence-electron chi connectivity index (χ3n) is 2.76. The second kappa shape index (κ2) is 5.71. The van der Waals surface area contributed by atoms with Crippen LogP contribution in [0.2, 0.25) is 0 Å². The van der Waals surface area contributed by atoms with Crippen LogP contribution in [0.25, 0.3) is 0 Å². The van der Waals surface area contributed by atoms with Gasteiger partial charge in [-0.2, -0.15) is 0 Å². The Balaban J connectivity index is 3.62. The standard InChI is InChI=1S/C10H16N7O3P/c11-2-1(3(12)5(14)6(15)4(2)13)8(20-10(19)21)7(16)9(17)18/h8,16H,11-15,21H2,(H2,17,18). The lowest BCUT2D eigenvalue weighted by atomic mass is 9.97. The van der Waals surface area contributed by atoms with E-state index in [0.29, 0.717) is 0 Å². The molecule has 0 fully saturated rings. The molecule has 1 aromatic rings. The number of amides is 1. The molecule has 13 N–H and O–H groups in total. The molecular formula is C10H16N7O3P. The Morgan fingerprint density at radius 2 is 1.33 bits per heavy atom. The van der Waals surface area contributed by atoms with Crippen LogP contribution >= 0.6 is 9.24 Å². The first-order valence-corrected chi connectivity index (χ1v) is 6.02. The lowest BCUT2D eigenvalue weighted by Crippen LogP contribution is -2.31. The molecular weight excluding hydrogens is 297 g/mol. The van der Waals surface area contributed by atoms with Crippen LogP contribution in [0.5, 0.6) is 0 Å². The molecule has 0 aliphatic rings. The quantitative estimate of drug-likeness (QED) is 0.210. The maximum Gasteiger partial charge on any atom is 0.320 e. The molecule has 2 unspecified atom stereocenters. The van der Waals surface area contributed by atoms with Gasteiger partial charge in [-0.15, -0.1) is 0 Å². The number of benzene rings is 1. The minimum absolute atomic E-state index is 0.0460. The van der Waals surface area contributed by atoms with E-state index in [0.717, 1.165) is 0 Å². The molecule has 0 radical (unpaired) electrons. The van der Waals surface area contributed by atoms with Crippen molar-refractivity contribution in [1.29, 1.82) is 5.41 Å². The minimum Gasteiger partial charge on any atom is -0.448 e. The van der Waals surface area contributed by atoms with Crippen LogP contribution in [0, 0.1) is 5.41 Å². The van der Waals surface area contributed by atoms with Gasteiger partial charge in [0.1, 0.15) is 5.71 Å². The molecule has 0 saturated carbocycles. The van der Waals surface area contributed by atoms with Crippen molar-refractivity contribution in [2.24, 2.45) is 5.73 Å². The van der Waals surface area contributed by atoms with Gasteiger partial charge in [0.2, 0.25) is 0 Å². The molecule has 21 heavy (non-hydrogen) atoms. The summed E-state index contributed by atoms with van der Waals surface area (Å²) in [4.78, 5) is 22.3. The molecule has 0 spiro atoms. The van der Waals surface area contributed by atoms with Gasteiger partial charge in [-0.1, -0.05) is 0 Å². The second-order valence-corrected chi connectivity index (χ2v) is 4.55. The van der Waals surface area contributed by atoms with Gasteiger partial charge in [-0.05, 0) is 9.24 Å². The van der Waals surface area contributed by atoms with Gasteiger partial charge in [-0.3, -0.25) is 10.2 Å². The summed E-state index contributed by atoms with van der Waals surface area (Å²) in [5.41, 5.74) is 31.3. The third-order valence-corrected chi connectivity index (χ3v) is 2.90. The first kappa shape index (κ1) is 16.3. The Labute approximate surface area is 121 Å². The van der Waals surface area contributed by atoms with Crippen LogP contribution in [0.1, 0.15) is 11.7 Å². The average Bonchev–Trinajstić information content (AvgIpc) is 2.40. The van der Waals surface area contributed by atoms with Crippen molar-refractivity contribution in [3.63, 3.8) is 0 Å². The molecule has 1 amide bonds. The average molecular weight is 313 g/mol. The monoisotopic (exact) mass is 313 g/mol. The molecule has 0 aliphatic heterocycles. The Hall–Kier alpha value is -2.74. The Morgan fingerprint density at radius 3 is 1.67 bits per heavy atom. The van der Waals surface area contributed by atoms with Gasteiger partial charge in [-0.25, -0.2) is 4.79 Å². The fraction of sp³-hybridized carbons (Fsp3) is 0.100. The highest BCUT2D eigenvalue weighted by atomic mass is 31.0. The van der Waals surface area contributed by atoms with E-state index in [1.165, 1.54) is 0 Å². The van der Waals surface area contributed by atoms with E-state index in [1.54, 1.807) is 9.24 Å². The topological polar surface area (TPSA) is 223 Å². The smallest absolute Gasteiger partial charge is 0.320 e. The van der Waals surface area contributed by atoms with Crippen LogP contribution in [0.15, 0.2) is 0 Å². The summed E-state index contributed by atoms with van der Waals surface area (Å²) >= 11 is 0. The molecule has 10 nitrogen and oxygen atoms in total. The van der Waals surface area contributed by atoms with E-state index in [4.69, 9.17) is 44.5 Å². The number of nitrogens with one attached hydrogen (secondary N) is 1. The van der Waals surface area contributed by atoms with Crippen molar-refractivity contribution >= 4 is 55.0 Å². The number of nitrogen functional groups attached to an aromatic ring is 5. The van der Waals surface area contributed by atoms with Crippen LogP contribution < -0.4 is 34.4 Å². The normalized spacial score (nSPS) is 11.7. The maximum absolute atomic E-state index is 11.2. The van der Waals surface area contributed by atoms with E-state index >= 15 is 0 Å². The highest BCUT2D eigenvalue weighted by Gasteiger charge is 2.31. The number of hydrogen-bond donors (Lipinski definition) is 7. The molecule has 1 aromatic carbocycles. The number of carbonyl (C=O) groups is 2. The second-order valence-electron chi connectivity index (χ2n) is 4.08. The molecule has 11 heteroatoms. The maximum atomic E-state index is 11.2. The third kappa shape index (κ3) is 2.90. The van der Waals surface area contributed by atoms with Crippen molar-refractivity contribution in [1.82, 2.24) is 0 Å². The summed E-state index contributed by atoms with van der Waals surface area (Å²) in [6.45, 7) is 0. The number of primary amides is 1. The zero-order valence-corrected chi connectivity index (χ0v) is 12.0. The van der Waals surface area contributed by atoms with Crippen molar-refractivity contribution in [3.8, 4) is 0 Å². The zero-order valence-electron chi connectivity index (χ0n) is 10.8. The molecule has 0 aromatic heterocycles. The van der Waals surface area contributed by atoms with Crippen LogP contribution in [-0.4, -0.2) is 17.3 Å². The van der Waals surface area contributed by atoms with E-state index < -0.39 is 23.4 Å². The summed E-state index contributed by atoms with van der Waals surface area (Å²) in [6.07, 6.45) is -1.54. The van der Waals surface area contributed by atoms with Crippen LogP contribution in [0.3, 0.4) is 0 Å². The number of hydrogen-bond acceptors (Lipinski definition) is 9. The van der Waals surface area contributed by atoms with Gasteiger partial charge >= 0.3 is 5.71 Å². The van der Waals surface area contributed by atoms with Crippen LogP contribution in [0.4, 0.5) is 33.2 Å². The summed E-state index contributed by atoms with van der Waals surface area (Å²) in [6, 6.07) is 0. The summed E-state index contributed by atoms with van der Waals surface area (Å²) < 4.78 is 4.86. The van der Waals surface area contributed by atoms with Gasteiger partial charge in [0.05, 0.1) is 28.4 Å². The predicted molar refractivity (Wildman–Crippen MR) is 84.4 cm³/mol. The van der Waals surface area contributed by atoms with Crippen molar-refractivity contribution in [3.05, 3.63) is 5.56 Å². The van der Waals surface area contributed by atoms with E-state index in [2.05, 4.69) is 0 Å². The largest absolute Gasteiger partial charge is 0.448 e. The highest BCUT2D eigenvalue weighted by molar-refractivity contribution is 7.39. The SMILES string of the molecule is N=C(C(N)=O)C(OC(=O)P)c1c(N)c(N)c(N)c(N)c1N. The summed E-state index contributed by atoms with van der Waals surface area (Å²) in [5, 5.41) is 7.63. The number of anilines is 5.